The molecule has 134 valence electrons. The van der Waals surface area contributed by atoms with Crippen molar-refractivity contribution in [3.63, 3.8) is 0 Å². The third-order valence-corrected chi connectivity index (χ3v) is 4.75. The number of aromatic nitrogens is 4. The lowest BCUT2D eigenvalue weighted by Gasteiger charge is -2.32. The van der Waals surface area contributed by atoms with Crippen molar-refractivity contribution in [3.05, 3.63) is 36.5 Å². The van der Waals surface area contributed by atoms with E-state index >= 15 is 0 Å². The van der Waals surface area contributed by atoms with Crippen LogP contribution in [0.25, 0.3) is 0 Å². The highest BCUT2D eigenvalue weighted by molar-refractivity contribution is 5.94. The van der Waals surface area contributed by atoms with Crippen molar-refractivity contribution >= 4 is 11.7 Å². The number of carbonyl (C=O) groups is 1. The molecule has 1 aliphatic rings. The van der Waals surface area contributed by atoms with Gasteiger partial charge in [0.25, 0.3) is 5.91 Å². The Kier molecular flexibility index (Phi) is 5.31. The summed E-state index contributed by atoms with van der Waals surface area (Å²) >= 11 is 0. The first-order valence-electron chi connectivity index (χ1n) is 8.96. The smallest absolute Gasteiger partial charge is 0.255 e. The van der Waals surface area contributed by atoms with Crippen LogP contribution in [0.2, 0.25) is 0 Å². The van der Waals surface area contributed by atoms with E-state index in [9.17, 15) is 4.79 Å². The predicted molar refractivity (Wildman–Crippen MR) is 96.6 cm³/mol. The minimum absolute atomic E-state index is 0.0384. The van der Waals surface area contributed by atoms with Gasteiger partial charge in [-0.25, -0.2) is 14.6 Å². The van der Waals surface area contributed by atoms with Gasteiger partial charge in [0.15, 0.2) is 0 Å². The Morgan fingerprint density at radius 2 is 2.24 bits per heavy atom. The molecule has 0 N–H and O–H groups in total. The summed E-state index contributed by atoms with van der Waals surface area (Å²) in [6, 6.07) is 4.40. The van der Waals surface area contributed by atoms with Crippen molar-refractivity contribution in [1.29, 1.82) is 0 Å². The average Bonchev–Trinajstić information content (AvgIpc) is 3.17. The van der Waals surface area contributed by atoms with Crippen LogP contribution in [0, 0.1) is 0 Å². The maximum Gasteiger partial charge on any atom is 0.255 e. The molecule has 1 atom stereocenters. The standard InChI is InChI=1S/C18H26N6O/c1-4-23(14(2)3)17-8-7-15(10-20-17)18(25)22-9-5-6-16(11-22)24-13-19-12-21-24/h7-8,10,12-14,16H,4-6,9,11H2,1-3H3/t16-/m1/s1. The zero-order chi connectivity index (χ0) is 17.8. The summed E-state index contributed by atoms with van der Waals surface area (Å²) in [5.41, 5.74) is 0.641. The number of likely N-dealkylation sites (tertiary alicyclic amines) is 1. The highest BCUT2D eigenvalue weighted by Crippen LogP contribution is 2.22. The van der Waals surface area contributed by atoms with E-state index in [1.807, 2.05) is 21.7 Å². The van der Waals surface area contributed by atoms with E-state index in [0.29, 0.717) is 18.2 Å². The molecule has 0 radical (unpaired) electrons. The molecule has 0 aromatic carbocycles. The van der Waals surface area contributed by atoms with Gasteiger partial charge in [0.1, 0.15) is 18.5 Å². The minimum Gasteiger partial charge on any atom is -0.354 e. The molecule has 1 aliphatic heterocycles. The predicted octanol–water partition coefficient (Wildman–Crippen LogP) is 2.39. The molecule has 0 saturated carbocycles. The highest BCUT2D eigenvalue weighted by Gasteiger charge is 2.26. The summed E-state index contributed by atoms with van der Waals surface area (Å²) in [5.74, 6) is 0.949. The number of piperidine rings is 1. The quantitative estimate of drug-likeness (QED) is 0.834. The van der Waals surface area contributed by atoms with Crippen LogP contribution in [0.1, 0.15) is 50.0 Å². The van der Waals surface area contributed by atoms with Crippen LogP contribution in [-0.2, 0) is 0 Å². The van der Waals surface area contributed by atoms with Crippen molar-refractivity contribution < 1.29 is 4.79 Å². The van der Waals surface area contributed by atoms with E-state index in [1.165, 1.54) is 6.33 Å². The molecule has 3 heterocycles. The van der Waals surface area contributed by atoms with E-state index < -0.39 is 0 Å². The number of carbonyl (C=O) groups excluding carboxylic acids is 1. The van der Waals surface area contributed by atoms with E-state index in [2.05, 4.69) is 40.7 Å². The Morgan fingerprint density at radius 1 is 1.40 bits per heavy atom. The number of hydrogen-bond acceptors (Lipinski definition) is 5. The van der Waals surface area contributed by atoms with Crippen LogP contribution in [0.5, 0.6) is 0 Å². The number of anilines is 1. The summed E-state index contributed by atoms with van der Waals surface area (Å²) in [7, 11) is 0. The Hall–Kier alpha value is -2.44. The molecule has 7 nitrogen and oxygen atoms in total. The number of hydrogen-bond donors (Lipinski definition) is 0. The first-order valence-corrected chi connectivity index (χ1v) is 8.96. The highest BCUT2D eigenvalue weighted by atomic mass is 16.2. The summed E-state index contributed by atoms with van der Waals surface area (Å²) in [4.78, 5) is 25.4. The number of rotatable bonds is 5. The molecule has 1 amide bonds. The van der Waals surface area contributed by atoms with Gasteiger partial charge in [-0.1, -0.05) is 0 Å². The van der Waals surface area contributed by atoms with Gasteiger partial charge in [-0.3, -0.25) is 4.79 Å². The molecule has 7 heteroatoms. The molecule has 2 aromatic heterocycles. The van der Waals surface area contributed by atoms with Crippen LogP contribution >= 0.6 is 0 Å². The Morgan fingerprint density at radius 3 is 2.84 bits per heavy atom. The number of amides is 1. The fraction of sp³-hybridized carbons (Fsp3) is 0.556. The number of pyridine rings is 1. The molecule has 2 aromatic rings. The maximum atomic E-state index is 12.8. The molecule has 0 aliphatic carbocycles. The molecule has 1 saturated heterocycles. The fourth-order valence-electron chi connectivity index (χ4n) is 3.42. The minimum atomic E-state index is 0.0384. The second-order valence-corrected chi connectivity index (χ2v) is 6.71. The molecule has 0 spiro atoms. The number of nitrogens with zero attached hydrogens (tertiary/aromatic N) is 6. The fourth-order valence-corrected chi connectivity index (χ4v) is 3.42. The van der Waals surface area contributed by atoms with Crippen molar-refractivity contribution in [2.75, 3.05) is 24.5 Å². The SMILES string of the molecule is CCN(c1ccc(C(=O)N2CCC[C@@H](n3cncn3)C2)cn1)C(C)C. The average molecular weight is 342 g/mol. The third kappa shape index (κ3) is 3.81. The summed E-state index contributed by atoms with van der Waals surface area (Å²) in [6.45, 7) is 8.73. The maximum absolute atomic E-state index is 12.8. The molecular formula is C18H26N6O. The van der Waals surface area contributed by atoms with Gasteiger partial charge in [0.05, 0.1) is 11.6 Å². The Labute approximate surface area is 148 Å². The van der Waals surface area contributed by atoms with Crippen LogP contribution in [0.15, 0.2) is 31.0 Å². The normalized spacial score (nSPS) is 17.8. The van der Waals surface area contributed by atoms with Crippen molar-refractivity contribution in [3.8, 4) is 0 Å². The lowest BCUT2D eigenvalue weighted by molar-refractivity contribution is 0.0672. The second-order valence-electron chi connectivity index (χ2n) is 6.71. The van der Waals surface area contributed by atoms with Gasteiger partial charge < -0.3 is 9.80 Å². The third-order valence-electron chi connectivity index (χ3n) is 4.75. The van der Waals surface area contributed by atoms with Crippen molar-refractivity contribution in [2.24, 2.45) is 0 Å². The topological polar surface area (TPSA) is 67.2 Å². The molecule has 0 unspecified atom stereocenters. The van der Waals surface area contributed by atoms with E-state index in [1.54, 1.807) is 12.5 Å². The largest absolute Gasteiger partial charge is 0.354 e. The van der Waals surface area contributed by atoms with Crippen molar-refractivity contribution in [2.45, 2.75) is 45.7 Å². The monoisotopic (exact) mass is 342 g/mol. The van der Waals surface area contributed by atoms with Gasteiger partial charge >= 0.3 is 0 Å². The Bertz CT molecular complexity index is 682. The molecule has 25 heavy (non-hydrogen) atoms. The van der Waals surface area contributed by atoms with Crippen molar-refractivity contribution in [1.82, 2.24) is 24.6 Å². The van der Waals surface area contributed by atoms with Gasteiger partial charge in [-0.05, 0) is 45.7 Å². The van der Waals surface area contributed by atoms with Crippen LogP contribution < -0.4 is 4.90 Å². The zero-order valence-corrected chi connectivity index (χ0v) is 15.2. The summed E-state index contributed by atoms with van der Waals surface area (Å²) < 4.78 is 1.85. The lowest BCUT2D eigenvalue weighted by atomic mass is 10.0. The first-order chi connectivity index (χ1) is 12.1. The molecular weight excluding hydrogens is 316 g/mol. The molecule has 1 fully saturated rings. The second kappa shape index (κ2) is 7.63. The van der Waals surface area contributed by atoms with Crippen LogP contribution in [0.3, 0.4) is 0 Å². The summed E-state index contributed by atoms with van der Waals surface area (Å²) in [6.07, 6.45) is 6.95. The molecule has 0 bridgehead atoms. The van der Waals surface area contributed by atoms with Gasteiger partial charge in [-0.2, -0.15) is 5.10 Å². The van der Waals surface area contributed by atoms with Gasteiger partial charge in [0, 0.05) is 31.9 Å². The van der Waals surface area contributed by atoms with Gasteiger partial charge in [-0.15, -0.1) is 0 Å². The Balaban J connectivity index is 1.70. The lowest BCUT2D eigenvalue weighted by Crippen LogP contribution is -2.41. The zero-order valence-electron chi connectivity index (χ0n) is 15.2. The van der Waals surface area contributed by atoms with E-state index in [-0.39, 0.29) is 11.9 Å². The first kappa shape index (κ1) is 17.4. The van der Waals surface area contributed by atoms with E-state index in [0.717, 1.165) is 31.7 Å². The van der Waals surface area contributed by atoms with Crippen LogP contribution in [-0.4, -0.2) is 56.2 Å². The van der Waals surface area contributed by atoms with E-state index in [4.69, 9.17) is 0 Å². The summed E-state index contributed by atoms with van der Waals surface area (Å²) in [5, 5.41) is 4.21. The van der Waals surface area contributed by atoms with Crippen LogP contribution in [0.4, 0.5) is 5.82 Å². The molecule has 3 rings (SSSR count). The van der Waals surface area contributed by atoms with Gasteiger partial charge in [0.2, 0.25) is 0 Å².